The van der Waals surface area contributed by atoms with Crippen LogP contribution in [0.15, 0.2) is 12.2 Å². The van der Waals surface area contributed by atoms with Crippen molar-refractivity contribution < 1.29 is 19.4 Å². The van der Waals surface area contributed by atoms with Crippen molar-refractivity contribution in [1.82, 2.24) is 5.32 Å². The number of fused-ring (bicyclic) bond motifs is 2. The number of carboxylic acids is 1. The number of nitrogens with one attached hydrogen (secondary N) is 1. The molecule has 0 aromatic heterocycles. The molecule has 2 aliphatic heterocycles. The normalized spacial score (nSPS) is 33.9. The Balaban J connectivity index is 2.01. The predicted octanol–water partition coefficient (Wildman–Crippen LogP) is 0.557. The molecule has 0 unspecified atom stereocenters. The van der Waals surface area contributed by atoms with E-state index in [1.165, 1.54) is 0 Å². The summed E-state index contributed by atoms with van der Waals surface area (Å²) in [6.07, 6.45) is 4.60. The quantitative estimate of drug-likeness (QED) is 0.543. The van der Waals surface area contributed by atoms with Gasteiger partial charge in [0.05, 0.1) is 18.1 Å². The van der Waals surface area contributed by atoms with Gasteiger partial charge in [-0.25, -0.2) is 0 Å². The lowest BCUT2D eigenvalue weighted by molar-refractivity contribution is -0.146. The van der Waals surface area contributed by atoms with E-state index in [9.17, 15) is 9.59 Å². The number of carbonyl (C=O) groups is 2. The predicted molar refractivity (Wildman–Crippen MR) is 60.3 cm³/mol. The van der Waals surface area contributed by atoms with Crippen LogP contribution in [0.25, 0.3) is 0 Å². The molecule has 5 heteroatoms. The van der Waals surface area contributed by atoms with Crippen molar-refractivity contribution in [2.24, 2.45) is 11.8 Å². The molecule has 2 N–H and O–H groups in total. The lowest BCUT2D eigenvalue weighted by atomic mass is 9.82. The fraction of sp³-hybridized carbons (Fsp3) is 0.667. The first-order chi connectivity index (χ1) is 8.15. The zero-order chi connectivity index (χ0) is 12.4. The van der Waals surface area contributed by atoms with Crippen molar-refractivity contribution >= 4 is 11.9 Å². The maximum absolute atomic E-state index is 11.9. The van der Waals surface area contributed by atoms with Crippen molar-refractivity contribution in [3.63, 3.8) is 0 Å². The van der Waals surface area contributed by atoms with Crippen LogP contribution in [0.3, 0.4) is 0 Å². The fourth-order valence-corrected chi connectivity index (χ4v) is 2.42. The van der Waals surface area contributed by atoms with Gasteiger partial charge in [-0.15, -0.1) is 0 Å². The van der Waals surface area contributed by atoms with Crippen LogP contribution in [0, 0.1) is 11.8 Å². The van der Waals surface area contributed by atoms with Crippen LogP contribution in [-0.2, 0) is 14.3 Å². The molecule has 2 aliphatic rings. The van der Waals surface area contributed by atoms with E-state index < -0.39 is 23.9 Å². The first-order valence-corrected chi connectivity index (χ1v) is 5.99. The molecule has 2 bridgehead atoms. The van der Waals surface area contributed by atoms with Crippen molar-refractivity contribution in [3.05, 3.63) is 12.2 Å². The molecule has 0 aromatic carbocycles. The summed E-state index contributed by atoms with van der Waals surface area (Å²) in [5.74, 6) is -2.49. The molecule has 0 saturated carbocycles. The van der Waals surface area contributed by atoms with Crippen LogP contribution < -0.4 is 5.32 Å². The maximum atomic E-state index is 11.9. The summed E-state index contributed by atoms with van der Waals surface area (Å²) in [6, 6.07) is 0. The number of carbonyl (C=O) groups excluding carboxylic acids is 1. The molecule has 1 fully saturated rings. The minimum atomic E-state index is -0.961. The minimum Gasteiger partial charge on any atom is -0.481 e. The summed E-state index contributed by atoms with van der Waals surface area (Å²) in [7, 11) is 0. The Kier molecular flexibility index (Phi) is 3.47. The highest BCUT2D eigenvalue weighted by Crippen LogP contribution is 2.39. The van der Waals surface area contributed by atoms with Gasteiger partial charge in [0.15, 0.2) is 0 Å². The SMILES string of the molecule is CCCCNC(=O)[C@H]1[C@@H](C(=O)O)[C@@H]2C=C[C@H]1O2. The molecule has 5 nitrogen and oxygen atoms in total. The van der Waals surface area contributed by atoms with Crippen LogP contribution in [-0.4, -0.2) is 35.7 Å². The molecule has 1 saturated heterocycles. The Morgan fingerprint density at radius 3 is 2.53 bits per heavy atom. The highest BCUT2D eigenvalue weighted by atomic mass is 16.5. The Hall–Kier alpha value is -1.36. The van der Waals surface area contributed by atoms with Crippen LogP contribution in [0.2, 0.25) is 0 Å². The second-order valence-electron chi connectivity index (χ2n) is 4.48. The Labute approximate surface area is 99.8 Å². The average Bonchev–Trinajstić information content (AvgIpc) is 2.88. The third kappa shape index (κ3) is 2.20. The summed E-state index contributed by atoms with van der Waals surface area (Å²) in [5, 5.41) is 11.9. The number of ether oxygens (including phenoxy) is 1. The van der Waals surface area contributed by atoms with E-state index in [2.05, 4.69) is 5.32 Å². The van der Waals surface area contributed by atoms with Crippen molar-refractivity contribution in [3.8, 4) is 0 Å². The second-order valence-corrected chi connectivity index (χ2v) is 4.48. The monoisotopic (exact) mass is 239 g/mol. The van der Waals surface area contributed by atoms with Gasteiger partial charge in [-0.2, -0.15) is 0 Å². The summed E-state index contributed by atoms with van der Waals surface area (Å²) in [6.45, 7) is 2.63. The third-order valence-electron chi connectivity index (χ3n) is 3.32. The molecule has 0 aromatic rings. The van der Waals surface area contributed by atoms with Gasteiger partial charge in [0.1, 0.15) is 5.92 Å². The first kappa shape index (κ1) is 12.1. The molecule has 2 rings (SSSR count). The van der Waals surface area contributed by atoms with Gasteiger partial charge in [0.25, 0.3) is 0 Å². The third-order valence-corrected chi connectivity index (χ3v) is 3.32. The Morgan fingerprint density at radius 2 is 1.94 bits per heavy atom. The average molecular weight is 239 g/mol. The Bertz CT molecular complexity index is 352. The molecule has 4 atom stereocenters. The summed E-state index contributed by atoms with van der Waals surface area (Å²) in [5.41, 5.74) is 0. The number of rotatable bonds is 5. The van der Waals surface area contributed by atoms with Crippen molar-refractivity contribution in [1.29, 1.82) is 0 Å². The number of aliphatic carboxylic acids is 1. The molecule has 17 heavy (non-hydrogen) atoms. The van der Waals surface area contributed by atoms with E-state index in [4.69, 9.17) is 9.84 Å². The standard InChI is InChI=1S/C12H17NO4/c1-2-3-6-13-11(14)9-7-4-5-8(17-7)10(9)12(15)16/h4-5,7-10H,2-3,6H2,1H3,(H,13,14)(H,15,16)/t7-,8+,9-,10+/m1/s1. The summed E-state index contributed by atoms with van der Waals surface area (Å²) in [4.78, 5) is 23.1. The number of carboxylic acid groups (broad SMARTS) is 1. The van der Waals surface area contributed by atoms with Gasteiger partial charge in [0, 0.05) is 6.54 Å². The largest absolute Gasteiger partial charge is 0.481 e. The van der Waals surface area contributed by atoms with Crippen LogP contribution >= 0.6 is 0 Å². The zero-order valence-electron chi connectivity index (χ0n) is 9.76. The topological polar surface area (TPSA) is 75.6 Å². The second kappa shape index (κ2) is 4.87. The molecule has 1 amide bonds. The van der Waals surface area contributed by atoms with E-state index in [1.807, 2.05) is 6.92 Å². The first-order valence-electron chi connectivity index (χ1n) is 5.99. The van der Waals surface area contributed by atoms with Gasteiger partial charge < -0.3 is 15.2 Å². The number of unbranched alkanes of at least 4 members (excludes halogenated alkanes) is 1. The number of amides is 1. The highest BCUT2D eigenvalue weighted by Gasteiger charge is 2.52. The molecule has 94 valence electrons. The van der Waals surface area contributed by atoms with Crippen LogP contribution in [0.5, 0.6) is 0 Å². The maximum Gasteiger partial charge on any atom is 0.310 e. The lowest BCUT2D eigenvalue weighted by Crippen LogP contribution is -2.42. The van der Waals surface area contributed by atoms with Gasteiger partial charge in [-0.05, 0) is 6.42 Å². The summed E-state index contributed by atoms with van der Waals surface area (Å²) < 4.78 is 5.43. The Morgan fingerprint density at radius 1 is 1.29 bits per heavy atom. The van der Waals surface area contributed by atoms with Crippen LogP contribution in [0.1, 0.15) is 19.8 Å². The number of hydrogen-bond donors (Lipinski definition) is 2. The van der Waals surface area contributed by atoms with Gasteiger partial charge in [0.2, 0.25) is 5.91 Å². The van der Waals surface area contributed by atoms with Crippen molar-refractivity contribution in [2.45, 2.75) is 32.0 Å². The van der Waals surface area contributed by atoms with Gasteiger partial charge in [-0.3, -0.25) is 9.59 Å². The molecule has 0 spiro atoms. The summed E-state index contributed by atoms with van der Waals surface area (Å²) >= 11 is 0. The molecular formula is C12H17NO4. The fourth-order valence-electron chi connectivity index (χ4n) is 2.42. The van der Waals surface area contributed by atoms with Gasteiger partial charge >= 0.3 is 5.97 Å². The number of hydrogen-bond acceptors (Lipinski definition) is 3. The van der Waals surface area contributed by atoms with E-state index in [-0.39, 0.29) is 12.0 Å². The minimum absolute atomic E-state index is 0.206. The van der Waals surface area contributed by atoms with E-state index in [0.717, 1.165) is 12.8 Å². The molecule has 2 heterocycles. The zero-order valence-corrected chi connectivity index (χ0v) is 9.76. The highest BCUT2D eigenvalue weighted by molar-refractivity contribution is 5.87. The van der Waals surface area contributed by atoms with E-state index in [1.54, 1.807) is 12.2 Å². The van der Waals surface area contributed by atoms with Crippen molar-refractivity contribution in [2.75, 3.05) is 6.54 Å². The lowest BCUT2D eigenvalue weighted by Gasteiger charge is -2.20. The van der Waals surface area contributed by atoms with E-state index in [0.29, 0.717) is 6.54 Å². The van der Waals surface area contributed by atoms with E-state index >= 15 is 0 Å². The molecular weight excluding hydrogens is 222 g/mol. The molecule has 0 aliphatic carbocycles. The molecule has 0 radical (unpaired) electrons. The smallest absolute Gasteiger partial charge is 0.310 e. The van der Waals surface area contributed by atoms with Crippen LogP contribution in [0.4, 0.5) is 0 Å². The van der Waals surface area contributed by atoms with Gasteiger partial charge in [-0.1, -0.05) is 25.5 Å².